The fourth-order valence-electron chi connectivity index (χ4n) is 2.75. The number of nitrogens with one attached hydrogen (secondary N) is 1. The molecule has 0 aromatic carbocycles. The van der Waals surface area contributed by atoms with Gasteiger partial charge in [-0.2, -0.15) is 0 Å². The van der Waals surface area contributed by atoms with E-state index in [1.54, 1.807) is 6.20 Å². The van der Waals surface area contributed by atoms with Gasteiger partial charge in [0.25, 0.3) is 0 Å². The van der Waals surface area contributed by atoms with E-state index in [4.69, 9.17) is 4.74 Å². The van der Waals surface area contributed by atoms with Crippen molar-refractivity contribution in [3.05, 3.63) is 27.9 Å². The van der Waals surface area contributed by atoms with Crippen LogP contribution < -0.4 is 4.72 Å². The number of aliphatic imine (C=N–C) groups is 1. The molecule has 25 heavy (non-hydrogen) atoms. The van der Waals surface area contributed by atoms with Gasteiger partial charge in [-0.25, -0.2) is 9.78 Å². The second-order valence-electron chi connectivity index (χ2n) is 5.39. The zero-order valence-corrected chi connectivity index (χ0v) is 15.5. The van der Waals surface area contributed by atoms with Gasteiger partial charge in [0, 0.05) is 36.3 Å². The molecular formula is C15H18N4O4S2. The van der Waals surface area contributed by atoms with Crippen LogP contribution in [0.3, 0.4) is 0 Å². The number of ether oxygens (including phenoxy) is 2. The Balaban J connectivity index is 1.76. The second-order valence-corrected chi connectivity index (χ2v) is 7.10. The minimum Gasteiger partial charge on any atom is -0.468 e. The Labute approximate surface area is 153 Å². The maximum Gasteiger partial charge on any atom is 0.337 e. The minimum atomic E-state index is -0.357. The first-order valence-corrected chi connectivity index (χ1v) is 9.47. The van der Waals surface area contributed by atoms with Gasteiger partial charge in [-0.3, -0.25) is 14.5 Å². The normalized spacial score (nSPS) is 19.5. The molecule has 1 unspecified atom stereocenters. The number of fused-ring (bicyclic) bond motifs is 1. The zero-order chi connectivity index (χ0) is 17.8. The third-order valence-corrected chi connectivity index (χ3v) is 5.53. The number of esters is 2. The number of amidine groups is 1. The number of thiazole rings is 1. The lowest BCUT2D eigenvalue weighted by molar-refractivity contribution is -0.137. The SMILES string of the molecule is COC(=O)CSNC1CC2=C(C(=O)OC)CN=C(c3nccs3)N2C1. The van der Waals surface area contributed by atoms with Gasteiger partial charge in [0.05, 0.1) is 26.3 Å². The third kappa shape index (κ3) is 3.86. The van der Waals surface area contributed by atoms with E-state index < -0.39 is 0 Å². The number of carbonyl (C=O) groups excluding carboxylic acids is 2. The summed E-state index contributed by atoms with van der Waals surface area (Å²) in [6.07, 6.45) is 2.39. The highest BCUT2D eigenvalue weighted by atomic mass is 32.2. The van der Waals surface area contributed by atoms with E-state index in [1.165, 1.54) is 37.5 Å². The standard InChI is InChI=1S/C15H18N4O4S2/c1-22-12(20)8-25-18-9-5-11-10(15(21)23-2)6-17-13(19(11)7-9)14-16-3-4-24-14/h3-4,9,18H,5-8H2,1-2H3. The minimum absolute atomic E-state index is 0.0765. The van der Waals surface area contributed by atoms with Gasteiger partial charge in [-0.1, -0.05) is 11.9 Å². The van der Waals surface area contributed by atoms with E-state index in [0.29, 0.717) is 18.5 Å². The number of carbonyl (C=O) groups is 2. The van der Waals surface area contributed by atoms with Gasteiger partial charge in [-0.05, 0) is 0 Å². The summed E-state index contributed by atoms with van der Waals surface area (Å²) in [5.74, 6) is 0.362. The molecule has 10 heteroatoms. The highest BCUT2D eigenvalue weighted by molar-refractivity contribution is 7.98. The maximum absolute atomic E-state index is 12.1. The number of hydrogen-bond donors (Lipinski definition) is 1. The molecule has 1 atom stereocenters. The molecule has 1 aromatic heterocycles. The number of rotatable bonds is 6. The fraction of sp³-hybridized carbons (Fsp3) is 0.467. The van der Waals surface area contributed by atoms with Crippen molar-refractivity contribution in [2.75, 3.05) is 33.1 Å². The van der Waals surface area contributed by atoms with E-state index in [-0.39, 0.29) is 30.3 Å². The largest absolute Gasteiger partial charge is 0.468 e. The van der Waals surface area contributed by atoms with Crippen molar-refractivity contribution in [3.63, 3.8) is 0 Å². The molecule has 0 saturated carbocycles. The Morgan fingerprint density at radius 3 is 2.96 bits per heavy atom. The quantitative estimate of drug-likeness (QED) is 0.571. The predicted octanol–water partition coefficient (Wildman–Crippen LogP) is 0.815. The first-order chi connectivity index (χ1) is 12.1. The number of methoxy groups -OCH3 is 2. The molecule has 0 radical (unpaired) electrons. The van der Waals surface area contributed by atoms with Crippen LogP contribution in [0.4, 0.5) is 0 Å². The van der Waals surface area contributed by atoms with E-state index in [2.05, 4.69) is 19.4 Å². The van der Waals surface area contributed by atoms with Gasteiger partial charge in [0.2, 0.25) is 0 Å². The molecule has 3 rings (SSSR count). The van der Waals surface area contributed by atoms with Crippen LogP contribution in [0.2, 0.25) is 0 Å². The van der Waals surface area contributed by atoms with Gasteiger partial charge in [0.1, 0.15) is 5.75 Å². The Morgan fingerprint density at radius 1 is 1.44 bits per heavy atom. The van der Waals surface area contributed by atoms with Crippen molar-refractivity contribution in [1.82, 2.24) is 14.6 Å². The van der Waals surface area contributed by atoms with Crippen LogP contribution in [-0.2, 0) is 19.1 Å². The van der Waals surface area contributed by atoms with E-state index >= 15 is 0 Å². The number of aromatic nitrogens is 1. The lowest BCUT2D eigenvalue weighted by Crippen LogP contribution is -2.36. The van der Waals surface area contributed by atoms with Gasteiger partial charge < -0.3 is 14.4 Å². The number of hydrogen-bond acceptors (Lipinski definition) is 10. The first kappa shape index (κ1) is 17.9. The summed E-state index contributed by atoms with van der Waals surface area (Å²) in [6, 6.07) is 0.0765. The lowest BCUT2D eigenvalue weighted by Gasteiger charge is -2.26. The molecular weight excluding hydrogens is 364 g/mol. The van der Waals surface area contributed by atoms with E-state index in [1.807, 2.05) is 10.3 Å². The Hall–Kier alpha value is -1.91. The average molecular weight is 382 g/mol. The van der Waals surface area contributed by atoms with E-state index in [0.717, 1.165) is 16.5 Å². The molecule has 1 aromatic rings. The van der Waals surface area contributed by atoms with Gasteiger partial charge in [-0.15, -0.1) is 11.3 Å². The Bertz CT molecular complexity index is 717. The summed E-state index contributed by atoms with van der Waals surface area (Å²) < 4.78 is 12.8. The van der Waals surface area contributed by atoms with Gasteiger partial charge >= 0.3 is 11.9 Å². The van der Waals surface area contributed by atoms with Crippen molar-refractivity contribution in [3.8, 4) is 0 Å². The van der Waals surface area contributed by atoms with Crippen molar-refractivity contribution >= 4 is 41.1 Å². The molecule has 1 fully saturated rings. The van der Waals surface area contributed by atoms with Crippen LogP contribution in [-0.4, -0.2) is 66.8 Å². The van der Waals surface area contributed by atoms with Crippen LogP contribution in [0.25, 0.3) is 0 Å². The van der Waals surface area contributed by atoms with Crippen LogP contribution in [0.15, 0.2) is 27.8 Å². The molecule has 3 heterocycles. The fourth-order valence-corrected chi connectivity index (χ4v) is 4.11. The van der Waals surface area contributed by atoms with Crippen LogP contribution in [0, 0.1) is 0 Å². The highest BCUT2D eigenvalue weighted by Crippen LogP contribution is 2.32. The van der Waals surface area contributed by atoms with E-state index in [9.17, 15) is 9.59 Å². The Morgan fingerprint density at radius 2 is 2.28 bits per heavy atom. The van der Waals surface area contributed by atoms with Gasteiger partial charge in [0.15, 0.2) is 10.8 Å². The first-order valence-electron chi connectivity index (χ1n) is 7.60. The van der Waals surface area contributed by atoms with Crippen LogP contribution >= 0.6 is 23.3 Å². The molecule has 1 N–H and O–H groups in total. The maximum atomic E-state index is 12.1. The summed E-state index contributed by atoms with van der Waals surface area (Å²) in [6.45, 7) is 0.928. The molecule has 8 nitrogen and oxygen atoms in total. The lowest BCUT2D eigenvalue weighted by atomic mass is 10.1. The van der Waals surface area contributed by atoms with Crippen molar-refractivity contribution in [2.24, 2.45) is 4.99 Å². The molecule has 2 aliphatic heterocycles. The molecule has 0 aliphatic carbocycles. The van der Waals surface area contributed by atoms with Crippen molar-refractivity contribution in [2.45, 2.75) is 12.5 Å². The average Bonchev–Trinajstić information content (AvgIpc) is 3.29. The summed E-state index contributed by atoms with van der Waals surface area (Å²) in [5, 5.41) is 2.72. The molecule has 2 aliphatic rings. The number of nitrogens with zero attached hydrogens (tertiary/aromatic N) is 3. The highest BCUT2D eigenvalue weighted by Gasteiger charge is 2.37. The third-order valence-electron chi connectivity index (χ3n) is 3.88. The zero-order valence-electron chi connectivity index (χ0n) is 13.9. The molecule has 134 valence electrons. The molecule has 0 bridgehead atoms. The van der Waals surface area contributed by atoms with Crippen molar-refractivity contribution in [1.29, 1.82) is 0 Å². The molecule has 0 amide bonds. The summed E-state index contributed by atoms with van der Waals surface area (Å²) >= 11 is 2.81. The predicted molar refractivity (Wildman–Crippen MR) is 95.3 cm³/mol. The van der Waals surface area contributed by atoms with Crippen LogP contribution in [0.1, 0.15) is 11.4 Å². The smallest absolute Gasteiger partial charge is 0.337 e. The van der Waals surface area contributed by atoms with Crippen LogP contribution in [0.5, 0.6) is 0 Å². The summed E-state index contributed by atoms with van der Waals surface area (Å²) in [7, 11) is 2.74. The topological polar surface area (TPSA) is 93.1 Å². The molecule has 0 spiro atoms. The molecule has 1 saturated heterocycles. The van der Waals surface area contributed by atoms with Crippen molar-refractivity contribution < 1.29 is 19.1 Å². The monoisotopic (exact) mass is 382 g/mol. The second kappa shape index (κ2) is 7.98. The summed E-state index contributed by atoms with van der Waals surface area (Å²) in [5.41, 5.74) is 1.48. The summed E-state index contributed by atoms with van der Waals surface area (Å²) in [4.78, 5) is 34.2. The Kier molecular flexibility index (Phi) is 5.71.